The van der Waals surface area contributed by atoms with E-state index in [4.69, 9.17) is 18.9 Å². The van der Waals surface area contributed by atoms with Crippen LogP contribution in [0.1, 0.15) is 18.6 Å². The number of methoxy groups -OCH3 is 1. The molecule has 1 atom stereocenters. The second-order valence-electron chi connectivity index (χ2n) is 4.31. The SMILES string of the molecule is COCCOCCOCCOc1ccc([C@H](C)O)cc1. The van der Waals surface area contributed by atoms with Crippen molar-refractivity contribution in [1.82, 2.24) is 0 Å². The van der Waals surface area contributed by atoms with Crippen molar-refractivity contribution in [2.45, 2.75) is 13.0 Å². The quantitative estimate of drug-likeness (QED) is 0.628. The molecule has 5 nitrogen and oxygen atoms in total. The van der Waals surface area contributed by atoms with Crippen molar-refractivity contribution >= 4 is 0 Å². The number of benzene rings is 1. The van der Waals surface area contributed by atoms with Crippen molar-refractivity contribution in [1.29, 1.82) is 0 Å². The van der Waals surface area contributed by atoms with Gasteiger partial charge in [0.15, 0.2) is 0 Å². The predicted molar refractivity (Wildman–Crippen MR) is 76.1 cm³/mol. The molecule has 0 aliphatic carbocycles. The molecule has 5 heteroatoms. The summed E-state index contributed by atoms with van der Waals surface area (Å²) in [6, 6.07) is 7.39. The van der Waals surface area contributed by atoms with Gasteiger partial charge in [-0.05, 0) is 24.6 Å². The number of rotatable bonds is 11. The molecular formula is C15H24O5. The van der Waals surface area contributed by atoms with E-state index in [9.17, 15) is 5.11 Å². The molecule has 0 saturated carbocycles. The van der Waals surface area contributed by atoms with E-state index in [0.717, 1.165) is 11.3 Å². The summed E-state index contributed by atoms with van der Waals surface area (Å²) in [5, 5.41) is 9.38. The van der Waals surface area contributed by atoms with Gasteiger partial charge in [-0.1, -0.05) is 12.1 Å². The third kappa shape index (κ3) is 7.45. The van der Waals surface area contributed by atoms with Crippen molar-refractivity contribution in [2.24, 2.45) is 0 Å². The highest BCUT2D eigenvalue weighted by molar-refractivity contribution is 5.28. The first-order valence-electron chi connectivity index (χ1n) is 6.79. The Morgan fingerprint density at radius 3 is 2.00 bits per heavy atom. The van der Waals surface area contributed by atoms with Crippen molar-refractivity contribution in [2.75, 3.05) is 46.8 Å². The van der Waals surface area contributed by atoms with E-state index in [0.29, 0.717) is 39.6 Å². The predicted octanol–water partition coefficient (Wildman–Crippen LogP) is 1.80. The zero-order valence-electron chi connectivity index (χ0n) is 12.2. The average Bonchev–Trinajstić information content (AvgIpc) is 2.46. The molecule has 1 aromatic rings. The summed E-state index contributed by atoms with van der Waals surface area (Å²) in [6.07, 6.45) is -0.453. The molecule has 114 valence electrons. The minimum absolute atomic E-state index is 0.453. The van der Waals surface area contributed by atoms with Crippen LogP contribution in [-0.4, -0.2) is 51.9 Å². The molecule has 1 aromatic carbocycles. The van der Waals surface area contributed by atoms with Crippen LogP contribution in [0.3, 0.4) is 0 Å². The summed E-state index contributed by atoms with van der Waals surface area (Å²) in [4.78, 5) is 0. The first-order valence-corrected chi connectivity index (χ1v) is 6.79. The number of hydrogen-bond acceptors (Lipinski definition) is 5. The van der Waals surface area contributed by atoms with Gasteiger partial charge in [0, 0.05) is 7.11 Å². The van der Waals surface area contributed by atoms with E-state index < -0.39 is 6.10 Å². The van der Waals surface area contributed by atoms with E-state index >= 15 is 0 Å². The van der Waals surface area contributed by atoms with Gasteiger partial charge in [-0.2, -0.15) is 0 Å². The zero-order valence-corrected chi connectivity index (χ0v) is 12.2. The van der Waals surface area contributed by atoms with Crippen LogP contribution < -0.4 is 4.74 Å². The van der Waals surface area contributed by atoms with Crippen LogP contribution in [0.25, 0.3) is 0 Å². The lowest BCUT2D eigenvalue weighted by Crippen LogP contribution is -2.12. The molecule has 1 N–H and O–H groups in total. The normalized spacial score (nSPS) is 12.3. The zero-order chi connectivity index (χ0) is 14.6. The second-order valence-corrected chi connectivity index (χ2v) is 4.31. The van der Waals surface area contributed by atoms with E-state index in [1.807, 2.05) is 24.3 Å². The Labute approximate surface area is 120 Å². The summed E-state index contributed by atoms with van der Waals surface area (Å²) < 4.78 is 21.0. The van der Waals surface area contributed by atoms with Gasteiger partial charge in [-0.15, -0.1) is 0 Å². The van der Waals surface area contributed by atoms with Gasteiger partial charge in [-0.3, -0.25) is 0 Å². The fourth-order valence-electron chi connectivity index (χ4n) is 1.53. The molecular weight excluding hydrogens is 260 g/mol. The summed E-state index contributed by atoms with van der Waals surface area (Å²) in [6.45, 7) is 5.05. The van der Waals surface area contributed by atoms with E-state index in [1.165, 1.54) is 0 Å². The topological polar surface area (TPSA) is 57.2 Å². The van der Waals surface area contributed by atoms with Gasteiger partial charge in [-0.25, -0.2) is 0 Å². The molecule has 0 aliphatic rings. The van der Waals surface area contributed by atoms with Crippen LogP contribution in [-0.2, 0) is 14.2 Å². The third-order valence-electron chi connectivity index (χ3n) is 2.66. The highest BCUT2D eigenvalue weighted by atomic mass is 16.6. The molecule has 0 saturated heterocycles. The van der Waals surface area contributed by atoms with Crippen LogP contribution in [0, 0.1) is 0 Å². The molecule has 20 heavy (non-hydrogen) atoms. The fraction of sp³-hybridized carbons (Fsp3) is 0.600. The van der Waals surface area contributed by atoms with Crippen LogP contribution in [0.4, 0.5) is 0 Å². The summed E-state index contributed by atoms with van der Waals surface area (Å²) in [5.74, 6) is 0.773. The van der Waals surface area contributed by atoms with Gasteiger partial charge in [0.2, 0.25) is 0 Å². The summed E-state index contributed by atoms with van der Waals surface area (Å²) in [7, 11) is 1.64. The Kier molecular flexibility index (Phi) is 8.98. The number of aliphatic hydroxyl groups is 1. The molecule has 0 unspecified atom stereocenters. The first-order chi connectivity index (χ1) is 9.74. The van der Waals surface area contributed by atoms with Gasteiger partial charge in [0.25, 0.3) is 0 Å². The van der Waals surface area contributed by atoms with E-state index in [2.05, 4.69) is 0 Å². The van der Waals surface area contributed by atoms with Crippen LogP contribution >= 0.6 is 0 Å². The smallest absolute Gasteiger partial charge is 0.119 e. The Morgan fingerprint density at radius 2 is 1.45 bits per heavy atom. The standard InChI is InChI=1S/C15H24O5/c1-13(16)14-3-5-15(6-4-14)20-12-11-19-10-9-18-8-7-17-2/h3-6,13,16H,7-12H2,1-2H3/t13-/m0/s1. The maximum absolute atomic E-state index is 9.38. The Bertz CT molecular complexity index is 337. The minimum atomic E-state index is -0.453. The lowest BCUT2D eigenvalue weighted by molar-refractivity contribution is 0.0179. The van der Waals surface area contributed by atoms with Crippen molar-refractivity contribution in [3.8, 4) is 5.75 Å². The number of hydrogen-bond donors (Lipinski definition) is 1. The van der Waals surface area contributed by atoms with E-state index in [1.54, 1.807) is 14.0 Å². The van der Waals surface area contributed by atoms with Gasteiger partial charge in [0.1, 0.15) is 12.4 Å². The molecule has 0 bridgehead atoms. The fourth-order valence-corrected chi connectivity index (χ4v) is 1.53. The molecule has 0 spiro atoms. The molecule has 0 radical (unpaired) electrons. The third-order valence-corrected chi connectivity index (χ3v) is 2.66. The summed E-state index contributed by atoms with van der Waals surface area (Å²) in [5.41, 5.74) is 0.877. The van der Waals surface area contributed by atoms with Crippen molar-refractivity contribution < 1.29 is 24.1 Å². The van der Waals surface area contributed by atoms with Gasteiger partial charge >= 0.3 is 0 Å². The highest BCUT2D eigenvalue weighted by Gasteiger charge is 2.00. The molecule has 0 fully saturated rings. The minimum Gasteiger partial charge on any atom is -0.491 e. The van der Waals surface area contributed by atoms with E-state index in [-0.39, 0.29) is 0 Å². The largest absolute Gasteiger partial charge is 0.491 e. The second kappa shape index (κ2) is 10.6. The van der Waals surface area contributed by atoms with Crippen molar-refractivity contribution in [3.05, 3.63) is 29.8 Å². The molecule has 0 aromatic heterocycles. The molecule has 0 amide bonds. The number of aliphatic hydroxyl groups excluding tert-OH is 1. The Hall–Kier alpha value is -1.14. The molecule has 0 aliphatic heterocycles. The van der Waals surface area contributed by atoms with Crippen LogP contribution in [0.15, 0.2) is 24.3 Å². The van der Waals surface area contributed by atoms with Gasteiger partial charge < -0.3 is 24.1 Å². The average molecular weight is 284 g/mol. The maximum Gasteiger partial charge on any atom is 0.119 e. The molecule has 0 heterocycles. The monoisotopic (exact) mass is 284 g/mol. The van der Waals surface area contributed by atoms with Crippen molar-refractivity contribution in [3.63, 3.8) is 0 Å². The van der Waals surface area contributed by atoms with Gasteiger partial charge in [0.05, 0.1) is 39.1 Å². The summed E-state index contributed by atoms with van der Waals surface area (Å²) >= 11 is 0. The lowest BCUT2D eigenvalue weighted by Gasteiger charge is -2.09. The Balaban J connectivity index is 2.01. The Morgan fingerprint density at radius 1 is 0.900 bits per heavy atom. The highest BCUT2D eigenvalue weighted by Crippen LogP contribution is 2.16. The molecule has 1 rings (SSSR count). The first kappa shape index (κ1) is 16.9. The number of ether oxygens (including phenoxy) is 4. The lowest BCUT2D eigenvalue weighted by atomic mass is 10.1. The van der Waals surface area contributed by atoms with Crippen LogP contribution in [0.5, 0.6) is 5.75 Å². The maximum atomic E-state index is 9.38. The van der Waals surface area contributed by atoms with Crippen LogP contribution in [0.2, 0.25) is 0 Å².